The predicted molar refractivity (Wildman–Crippen MR) is 112 cm³/mol. The Morgan fingerprint density at radius 1 is 1.25 bits per heavy atom. The van der Waals surface area contributed by atoms with Gasteiger partial charge in [0.25, 0.3) is 5.91 Å². The Morgan fingerprint density at radius 2 is 1.97 bits per heavy atom. The maximum Gasteiger partial charge on any atom is 0.407 e. The van der Waals surface area contributed by atoms with Gasteiger partial charge in [0.2, 0.25) is 5.95 Å². The van der Waals surface area contributed by atoms with Crippen LogP contribution in [0.25, 0.3) is 0 Å². The molecule has 1 aromatic heterocycles. The first-order valence-corrected chi connectivity index (χ1v) is 9.88. The van der Waals surface area contributed by atoms with Crippen LogP contribution >= 0.6 is 0 Å². The first-order chi connectivity index (χ1) is 15.0. The highest BCUT2D eigenvalue weighted by molar-refractivity contribution is 5.93. The SMILES string of the molecule is COc1cnc(N2CC(NC(=O)OC(C)(C)C)C(c3cc(F)ccc3F)C2)nc1C(N)=O. The summed E-state index contributed by atoms with van der Waals surface area (Å²) >= 11 is 0. The van der Waals surface area contributed by atoms with Crippen molar-refractivity contribution in [3.63, 3.8) is 0 Å². The van der Waals surface area contributed by atoms with E-state index in [2.05, 4.69) is 15.3 Å². The van der Waals surface area contributed by atoms with E-state index in [9.17, 15) is 18.4 Å². The van der Waals surface area contributed by atoms with Gasteiger partial charge in [-0.2, -0.15) is 0 Å². The van der Waals surface area contributed by atoms with Crippen LogP contribution in [0.1, 0.15) is 42.7 Å². The van der Waals surface area contributed by atoms with Crippen LogP contribution in [-0.2, 0) is 4.74 Å². The minimum Gasteiger partial charge on any atom is -0.493 e. The number of nitrogens with two attached hydrogens (primary N) is 1. The largest absolute Gasteiger partial charge is 0.493 e. The van der Waals surface area contributed by atoms with Gasteiger partial charge in [0.1, 0.15) is 17.2 Å². The van der Waals surface area contributed by atoms with Crippen molar-refractivity contribution in [3.8, 4) is 5.75 Å². The van der Waals surface area contributed by atoms with E-state index in [1.54, 1.807) is 25.7 Å². The lowest BCUT2D eigenvalue weighted by molar-refractivity contribution is 0.0504. The van der Waals surface area contributed by atoms with E-state index in [-0.39, 0.29) is 36.0 Å². The van der Waals surface area contributed by atoms with Gasteiger partial charge in [-0.25, -0.2) is 23.5 Å². The standard InChI is InChI=1S/C21H25F2N5O4/c1-21(2,3)32-20(30)26-15-10-28(9-13(15)12-7-11(22)5-6-14(12)23)19-25-8-16(31-4)17(27-19)18(24)29/h5-8,13,15H,9-10H2,1-4H3,(H2,24,29)(H,26,30). The van der Waals surface area contributed by atoms with Crippen molar-refractivity contribution >= 4 is 17.9 Å². The fraction of sp³-hybridized carbons (Fsp3) is 0.429. The lowest BCUT2D eigenvalue weighted by atomic mass is 9.94. The zero-order valence-corrected chi connectivity index (χ0v) is 18.2. The fourth-order valence-corrected chi connectivity index (χ4v) is 3.53. The Balaban J connectivity index is 1.94. The highest BCUT2D eigenvalue weighted by atomic mass is 19.1. The normalized spacial score (nSPS) is 18.4. The fourth-order valence-electron chi connectivity index (χ4n) is 3.53. The molecule has 0 aliphatic carbocycles. The summed E-state index contributed by atoms with van der Waals surface area (Å²) in [7, 11) is 1.35. The third-order valence-electron chi connectivity index (χ3n) is 4.86. The van der Waals surface area contributed by atoms with Crippen molar-refractivity contribution in [2.24, 2.45) is 5.73 Å². The number of primary amides is 1. The van der Waals surface area contributed by atoms with Gasteiger partial charge < -0.3 is 25.4 Å². The average Bonchev–Trinajstić information content (AvgIpc) is 3.11. The molecular weight excluding hydrogens is 424 g/mol. The number of methoxy groups -OCH3 is 1. The second kappa shape index (κ2) is 8.93. The quantitative estimate of drug-likeness (QED) is 0.719. The van der Waals surface area contributed by atoms with E-state index in [0.29, 0.717) is 0 Å². The molecule has 32 heavy (non-hydrogen) atoms. The molecule has 172 valence electrons. The molecule has 2 unspecified atom stereocenters. The summed E-state index contributed by atoms with van der Waals surface area (Å²) in [6, 6.07) is 2.50. The molecule has 9 nitrogen and oxygen atoms in total. The molecule has 2 heterocycles. The molecule has 1 aromatic carbocycles. The van der Waals surface area contributed by atoms with Gasteiger partial charge in [-0.3, -0.25) is 4.79 Å². The third-order valence-corrected chi connectivity index (χ3v) is 4.86. The van der Waals surface area contributed by atoms with Crippen LogP contribution in [0.2, 0.25) is 0 Å². The van der Waals surface area contributed by atoms with Gasteiger partial charge in [-0.1, -0.05) is 0 Å². The number of aromatic nitrogens is 2. The Morgan fingerprint density at radius 3 is 2.59 bits per heavy atom. The number of amides is 2. The molecule has 1 aliphatic heterocycles. The summed E-state index contributed by atoms with van der Waals surface area (Å²) in [5.74, 6) is -2.41. The van der Waals surface area contributed by atoms with Crippen molar-refractivity contribution in [1.29, 1.82) is 0 Å². The second-order valence-corrected chi connectivity index (χ2v) is 8.38. The molecule has 3 N–H and O–H groups in total. The van der Waals surface area contributed by atoms with Crippen molar-refractivity contribution in [1.82, 2.24) is 15.3 Å². The topological polar surface area (TPSA) is 120 Å². The Hall–Kier alpha value is -3.50. The molecule has 0 bridgehead atoms. The number of carbonyl (C=O) groups is 2. The predicted octanol–water partition coefficient (Wildman–Crippen LogP) is 2.36. The Bertz CT molecular complexity index is 1030. The summed E-state index contributed by atoms with van der Waals surface area (Å²) in [6.45, 7) is 5.45. The lowest BCUT2D eigenvalue weighted by Crippen LogP contribution is -2.43. The summed E-state index contributed by atoms with van der Waals surface area (Å²) in [5, 5.41) is 2.73. The van der Waals surface area contributed by atoms with Gasteiger partial charge in [0.15, 0.2) is 11.4 Å². The van der Waals surface area contributed by atoms with E-state index in [1.165, 1.54) is 13.3 Å². The molecule has 0 spiro atoms. The molecule has 0 saturated carbocycles. The van der Waals surface area contributed by atoms with E-state index in [1.807, 2.05) is 0 Å². The van der Waals surface area contributed by atoms with Crippen molar-refractivity contribution in [2.75, 3.05) is 25.1 Å². The highest BCUT2D eigenvalue weighted by Gasteiger charge is 2.38. The van der Waals surface area contributed by atoms with Crippen molar-refractivity contribution < 1.29 is 27.8 Å². The zero-order chi connectivity index (χ0) is 23.6. The molecule has 2 amide bonds. The summed E-state index contributed by atoms with van der Waals surface area (Å²) in [6.07, 6.45) is 0.606. The number of nitrogens with one attached hydrogen (secondary N) is 1. The van der Waals surface area contributed by atoms with E-state index in [0.717, 1.165) is 18.2 Å². The smallest absolute Gasteiger partial charge is 0.407 e. The summed E-state index contributed by atoms with van der Waals surface area (Å²) < 4.78 is 38.8. The average molecular weight is 449 g/mol. The first kappa shape index (κ1) is 23.2. The second-order valence-electron chi connectivity index (χ2n) is 8.38. The van der Waals surface area contributed by atoms with Gasteiger partial charge in [-0.05, 0) is 44.5 Å². The number of rotatable bonds is 5. The number of benzene rings is 1. The van der Waals surface area contributed by atoms with Crippen LogP contribution < -0.4 is 20.7 Å². The molecule has 1 fully saturated rings. The Labute approximate surface area is 183 Å². The highest BCUT2D eigenvalue weighted by Crippen LogP contribution is 2.32. The monoisotopic (exact) mass is 449 g/mol. The lowest BCUT2D eigenvalue weighted by Gasteiger charge is -2.24. The number of halogens is 2. The maximum atomic E-state index is 14.6. The number of ether oxygens (including phenoxy) is 2. The molecule has 11 heteroatoms. The number of alkyl carbamates (subject to hydrolysis) is 1. The van der Waals surface area contributed by atoms with E-state index >= 15 is 0 Å². The molecule has 2 atom stereocenters. The Kier molecular flexibility index (Phi) is 6.47. The van der Waals surface area contributed by atoms with Crippen molar-refractivity contribution in [2.45, 2.75) is 38.3 Å². The van der Waals surface area contributed by atoms with Gasteiger partial charge in [0, 0.05) is 19.0 Å². The molecule has 2 aromatic rings. The minimum atomic E-state index is -0.805. The van der Waals surface area contributed by atoms with Crippen LogP contribution in [-0.4, -0.2) is 53.8 Å². The molecular formula is C21H25F2N5O4. The summed E-state index contributed by atoms with van der Waals surface area (Å²) in [4.78, 5) is 34.1. The van der Waals surface area contributed by atoms with Crippen LogP contribution in [0.5, 0.6) is 5.75 Å². The van der Waals surface area contributed by atoms with Gasteiger partial charge >= 0.3 is 6.09 Å². The number of nitrogens with zero attached hydrogens (tertiary/aromatic N) is 3. The van der Waals surface area contributed by atoms with E-state index < -0.39 is 41.2 Å². The number of hydrogen-bond donors (Lipinski definition) is 2. The van der Waals surface area contributed by atoms with Gasteiger partial charge in [-0.15, -0.1) is 0 Å². The van der Waals surface area contributed by atoms with Crippen LogP contribution in [0, 0.1) is 11.6 Å². The molecule has 1 aliphatic rings. The first-order valence-electron chi connectivity index (χ1n) is 9.88. The number of hydrogen-bond acceptors (Lipinski definition) is 7. The van der Waals surface area contributed by atoms with Crippen LogP contribution in [0.4, 0.5) is 19.5 Å². The zero-order valence-electron chi connectivity index (χ0n) is 18.2. The molecule has 1 saturated heterocycles. The number of carbonyl (C=O) groups excluding carboxylic acids is 2. The van der Waals surface area contributed by atoms with Gasteiger partial charge in [0.05, 0.1) is 19.3 Å². The molecule has 3 rings (SSSR count). The maximum absolute atomic E-state index is 14.6. The minimum absolute atomic E-state index is 0.0946. The summed E-state index contributed by atoms with van der Waals surface area (Å²) in [5.41, 5.74) is 4.61. The number of anilines is 1. The van der Waals surface area contributed by atoms with Crippen molar-refractivity contribution in [3.05, 3.63) is 47.3 Å². The van der Waals surface area contributed by atoms with E-state index in [4.69, 9.17) is 15.2 Å². The molecule has 0 radical (unpaired) electrons. The third kappa shape index (κ3) is 5.21. The van der Waals surface area contributed by atoms with Crippen LogP contribution in [0.3, 0.4) is 0 Å². The van der Waals surface area contributed by atoms with Crippen LogP contribution in [0.15, 0.2) is 24.4 Å².